The molecule has 0 saturated carbocycles. The number of carbonyl (C=O) groups excluding carboxylic acids is 1. The first-order valence-corrected chi connectivity index (χ1v) is 5.93. The summed E-state index contributed by atoms with van der Waals surface area (Å²) in [5, 5.41) is 10.9. The van der Waals surface area contributed by atoms with Crippen LogP contribution in [0.15, 0.2) is 22.8 Å². The molecule has 0 unspecified atom stereocenters. The fourth-order valence-corrected chi connectivity index (χ4v) is 2.66. The minimum Gasteiger partial charge on any atom is -0.370 e. The largest absolute Gasteiger partial charge is 0.370 e. The molecule has 1 atom stereocenters. The number of hydrogen-bond acceptors (Lipinski definition) is 5. The molecule has 0 fully saturated rings. The van der Waals surface area contributed by atoms with Crippen molar-refractivity contribution in [2.24, 2.45) is 10.7 Å². The number of nitrogens with zero attached hydrogens (tertiary/aromatic N) is 4. The van der Waals surface area contributed by atoms with Gasteiger partial charge in [-0.2, -0.15) is 0 Å². The lowest BCUT2D eigenvalue weighted by Gasteiger charge is -2.08. The molecule has 0 spiro atoms. The third-order valence-corrected chi connectivity index (χ3v) is 3.48. The Bertz CT molecular complexity index is 599. The summed E-state index contributed by atoms with van der Waals surface area (Å²) in [6.07, 6.45) is 3.53. The molecular formula is C10H9N5OS. The quantitative estimate of drug-likeness (QED) is 0.846. The molecule has 0 radical (unpaired) electrons. The van der Waals surface area contributed by atoms with Gasteiger partial charge in [-0.15, -0.1) is 21.5 Å². The van der Waals surface area contributed by atoms with Crippen molar-refractivity contribution >= 4 is 23.5 Å². The van der Waals surface area contributed by atoms with Crippen LogP contribution in [0.25, 0.3) is 5.00 Å². The van der Waals surface area contributed by atoms with E-state index < -0.39 is 5.91 Å². The average Bonchev–Trinajstić information content (AvgIpc) is 2.90. The van der Waals surface area contributed by atoms with E-state index in [1.165, 1.54) is 0 Å². The first kappa shape index (κ1) is 10.2. The maximum Gasteiger partial charge on any atom is 0.220 e. The zero-order valence-corrected chi connectivity index (χ0v) is 9.59. The van der Waals surface area contributed by atoms with Crippen LogP contribution in [-0.4, -0.2) is 26.9 Å². The Morgan fingerprint density at radius 1 is 1.59 bits per heavy atom. The van der Waals surface area contributed by atoms with Gasteiger partial charge < -0.3 is 5.73 Å². The van der Waals surface area contributed by atoms with E-state index in [-0.39, 0.29) is 12.5 Å². The average molecular weight is 247 g/mol. The van der Waals surface area contributed by atoms with Crippen LogP contribution >= 0.6 is 11.3 Å². The predicted octanol–water partition coefficient (Wildman–Crippen LogP) is 0.678. The summed E-state index contributed by atoms with van der Waals surface area (Å²) < 4.78 is 1.86. The van der Waals surface area contributed by atoms with Gasteiger partial charge in [-0.3, -0.25) is 14.4 Å². The van der Waals surface area contributed by atoms with Crippen molar-refractivity contribution in [2.45, 2.75) is 12.5 Å². The number of nitrogens with two attached hydrogens (primary N) is 1. The fraction of sp³-hybridized carbons (Fsp3) is 0.200. The van der Waals surface area contributed by atoms with Gasteiger partial charge in [-0.1, -0.05) is 0 Å². The number of primary amides is 1. The summed E-state index contributed by atoms with van der Waals surface area (Å²) in [6, 6.07) is 1.62. The second-order valence-corrected chi connectivity index (χ2v) is 4.60. The zero-order valence-electron chi connectivity index (χ0n) is 8.78. The third kappa shape index (κ3) is 1.64. The highest BCUT2D eigenvalue weighted by atomic mass is 32.1. The maximum atomic E-state index is 11.0. The van der Waals surface area contributed by atoms with Crippen LogP contribution < -0.4 is 5.73 Å². The Hall–Kier alpha value is -2.02. The van der Waals surface area contributed by atoms with E-state index in [0.717, 1.165) is 10.6 Å². The minimum absolute atomic E-state index is 0.143. The summed E-state index contributed by atoms with van der Waals surface area (Å²) in [5.74, 6) is 0.258. The summed E-state index contributed by atoms with van der Waals surface area (Å²) in [4.78, 5) is 15.4. The Balaban J connectivity index is 2.13. The molecule has 1 amide bonds. The van der Waals surface area contributed by atoms with E-state index in [1.807, 2.05) is 16.0 Å². The van der Waals surface area contributed by atoms with Crippen molar-refractivity contribution in [2.75, 3.05) is 0 Å². The van der Waals surface area contributed by atoms with E-state index >= 15 is 0 Å². The number of fused-ring (bicyclic) bond motifs is 3. The molecule has 2 aromatic heterocycles. The van der Waals surface area contributed by atoms with Crippen molar-refractivity contribution in [1.82, 2.24) is 14.8 Å². The Labute approximate surface area is 101 Å². The van der Waals surface area contributed by atoms with Crippen molar-refractivity contribution in [3.8, 4) is 5.00 Å². The van der Waals surface area contributed by atoms with Crippen LogP contribution in [0, 0.1) is 0 Å². The zero-order chi connectivity index (χ0) is 11.8. The molecule has 1 aliphatic rings. The Morgan fingerprint density at radius 3 is 3.29 bits per heavy atom. The van der Waals surface area contributed by atoms with E-state index in [1.54, 1.807) is 23.9 Å². The molecule has 0 bridgehead atoms. The van der Waals surface area contributed by atoms with Gasteiger partial charge in [0.2, 0.25) is 5.91 Å². The molecule has 2 aromatic rings. The van der Waals surface area contributed by atoms with Crippen molar-refractivity contribution in [3.05, 3.63) is 29.2 Å². The number of amides is 1. The number of hydrogen-bond donors (Lipinski definition) is 1. The lowest BCUT2D eigenvalue weighted by atomic mass is 10.2. The van der Waals surface area contributed by atoms with Gasteiger partial charge in [-0.25, -0.2) is 0 Å². The van der Waals surface area contributed by atoms with Gasteiger partial charge in [0.1, 0.15) is 17.4 Å². The summed E-state index contributed by atoms with van der Waals surface area (Å²) in [5.41, 5.74) is 6.22. The summed E-state index contributed by atoms with van der Waals surface area (Å²) in [7, 11) is 0. The highest BCUT2D eigenvalue weighted by Gasteiger charge is 2.23. The maximum absolute atomic E-state index is 11.0. The molecule has 0 aliphatic carbocycles. The molecule has 0 saturated heterocycles. The van der Waals surface area contributed by atoms with Gasteiger partial charge in [0.05, 0.1) is 6.42 Å². The SMILES string of the molecule is NC(=O)C[C@@H]1N=Cc2ccsc2-n2cnnc21. The number of rotatable bonds is 2. The Morgan fingerprint density at radius 2 is 2.47 bits per heavy atom. The molecule has 86 valence electrons. The minimum atomic E-state index is -0.396. The number of carbonyl (C=O) groups is 1. The molecule has 2 N–H and O–H groups in total. The van der Waals surface area contributed by atoms with Gasteiger partial charge in [0.25, 0.3) is 0 Å². The summed E-state index contributed by atoms with van der Waals surface area (Å²) in [6.45, 7) is 0. The number of aromatic nitrogens is 3. The van der Waals surface area contributed by atoms with Crippen LogP contribution in [0.2, 0.25) is 0 Å². The second-order valence-electron chi connectivity index (χ2n) is 3.70. The van der Waals surface area contributed by atoms with Crippen molar-refractivity contribution in [3.63, 3.8) is 0 Å². The first-order chi connectivity index (χ1) is 8.25. The molecule has 6 nitrogen and oxygen atoms in total. The van der Waals surface area contributed by atoms with Crippen LogP contribution in [-0.2, 0) is 4.79 Å². The van der Waals surface area contributed by atoms with E-state index in [2.05, 4.69) is 15.2 Å². The van der Waals surface area contributed by atoms with Crippen molar-refractivity contribution < 1.29 is 4.79 Å². The summed E-state index contributed by atoms with van der Waals surface area (Å²) >= 11 is 1.58. The monoisotopic (exact) mass is 247 g/mol. The molecule has 3 heterocycles. The molecule has 3 rings (SSSR count). The Kier molecular flexibility index (Phi) is 2.25. The first-order valence-electron chi connectivity index (χ1n) is 5.05. The molecule has 0 aromatic carbocycles. The number of thiophene rings is 1. The topological polar surface area (TPSA) is 86.2 Å². The van der Waals surface area contributed by atoms with Gasteiger partial charge in [-0.05, 0) is 11.4 Å². The van der Waals surface area contributed by atoms with Crippen molar-refractivity contribution in [1.29, 1.82) is 0 Å². The molecule has 1 aliphatic heterocycles. The lowest BCUT2D eigenvalue weighted by Crippen LogP contribution is -2.16. The van der Waals surface area contributed by atoms with Gasteiger partial charge >= 0.3 is 0 Å². The van der Waals surface area contributed by atoms with Gasteiger partial charge in [0.15, 0.2) is 5.82 Å². The normalized spacial score (nSPS) is 17.3. The molecule has 7 heteroatoms. The third-order valence-electron chi connectivity index (χ3n) is 2.55. The number of aliphatic imine (C=N–C) groups is 1. The van der Waals surface area contributed by atoms with Crippen LogP contribution in [0.5, 0.6) is 0 Å². The van der Waals surface area contributed by atoms with E-state index in [0.29, 0.717) is 5.82 Å². The van der Waals surface area contributed by atoms with E-state index in [4.69, 9.17) is 5.73 Å². The second kappa shape index (κ2) is 3.77. The standard InChI is InChI=1S/C10H9N5OS/c11-8(16)3-7-9-14-13-5-15(9)10-6(4-12-7)1-2-17-10/h1-2,4-5,7H,3H2,(H2,11,16)/t7-/m0/s1. The fourth-order valence-electron chi connectivity index (χ4n) is 1.80. The van der Waals surface area contributed by atoms with Crippen LogP contribution in [0.4, 0.5) is 0 Å². The molecule has 17 heavy (non-hydrogen) atoms. The highest BCUT2D eigenvalue weighted by molar-refractivity contribution is 7.13. The van der Waals surface area contributed by atoms with Crippen LogP contribution in [0.3, 0.4) is 0 Å². The van der Waals surface area contributed by atoms with E-state index in [9.17, 15) is 4.79 Å². The molecular weight excluding hydrogens is 238 g/mol. The van der Waals surface area contributed by atoms with Gasteiger partial charge in [0, 0.05) is 11.8 Å². The lowest BCUT2D eigenvalue weighted by molar-refractivity contribution is -0.118. The highest BCUT2D eigenvalue weighted by Crippen LogP contribution is 2.29. The smallest absolute Gasteiger partial charge is 0.220 e. The predicted molar refractivity (Wildman–Crippen MR) is 63.4 cm³/mol. The van der Waals surface area contributed by atoms with Crippen LogP contribution in [0.1, 0.15) is 23.9 Å².